The molecule has 2 N–H and O–H groups in total. The molecule has 56 heavy (non-hydrogen) atoms. The molecule has 3 aromatic heterocycles. The van der Waals surface area contributed by atoms with Crippen molar-refractivity contribution >= 4 is 46.4 Å². The summed E-state index contributed by atoms with van der Waals surface area (Å²) in [6.07, 6.45) is 25.2. The Morgan fingerprint density at radius 2 is 0.661 bits per heavy atom. The number of aromatic amines is 2. The zero-order valence-electron chi connectivity index (χ0n) is 35.8. The molecule has 0 saturated heterocycles. The van der Waals surface area contributed by atoms with Crippen molar-refractivity contribution in [1.82, 2.24) is 19.9 Å². The maximum atomic E-state index is 6.34. The molecule has 0 saturated carbocycles. The van der Waals surface area contributed by atoms with Crippen LogP contribution in [0.1, 0.15) is 200 Å². The van der Waals surface area contributed by atoms with Crippen molar-refractivity contribution in [1.29, 1.82) is 0 Å². The van der Waals surface area contributed by atoms with Gasteiger partial charge in [-0.2, -0.15) is 0 Å². The second-order valence-electron chi connectivity index (χ2n) is 15.5. The van der Waals surface area contributed by atoms with E-state index in [1.165, 1.54) is 0 Å². The summed E-state index contributed by atoms with van der Waals surface area (Å²) in [4.78, 5) is 18.7. The number of aromatic nitrogens is 4. The van der Waals surface area contributed by atoms with Crippen LogP contribution < -0.4 is 0 Å². The van der Waals surface area contributed by atoms with Gasteiger partial charge in [0.2, 0.25) is 0 Å². The Hall–Kier alpha value is -3.56. The summed E-state index contributed by atoms with van der Waals surface area (Å²) >= 11 is 0. The van der Waals surface area contributed by atoms with Gasteiger partial charge in [-0.15, -0.1) is 0 Å². The van der Waals surface area contributed by atoms with Crippen molar-refractivity contribution in [2.24, 2.45) is 0 Å². The predicted molar refractivity (Wildman–Crippen MR) is 234 cm³/mol. The predicted octanol–water partition coefficient (Wildman–Crippen LogP) is 13.7. The first kappa shape index (κ1) is 43.6. The molecule has 0 radical (unpaired) electrons. The van der Waals surface area contributed by atoms with Crippen LogP contribution in [0.4, 0.5) is 0 Å². The molecule has 0 spiro atoms. The number of nitrogens with zero attached hydrogens (tertiary/aromatic N) is 2. The van der Waals surface area contributed by atoms with E-state index in [-0.39, 0.29) is 24.4 Å². The lowest BCUT2D eigenvalue weighted by Crippen LogP contribution is -2.08. The summed E-state index contributed by atoms with van der Waals surface area (Å²) in [5, 5.41) is 0. The number of nitrogens with one attached hydrogen (secondary N) is 2. The first-order chi connectivity index (χ1) is 27.5. The van der Waals surface area contributed by atoms with E-state index in [1.807, 2.05) is 28.4 Å². The summed E-state index contributed by atoms with van der Waals surface area (Å²) in [6, 6.07) is 8.83. The van der Waals surface area contributed by atoms with Crippen LogP contribution in [0.5, 0.6) is 0 Å². The molecule has 8 bridgehead atoms. The zero-order chi connectivity index (χ0) is 39.9. The van der Waals surface area contributed by atoms with E-state index in [4.69, 9.17) is 28.9 Å². The largest absolute Gasteiger partial charge is 0.377 e. The van der Waals surface area contributed by atoms with Crippen molar-refractivity contribution in [3.63, 3.8) is 0 Å². The van der Waals surface area contributed by atoms with E-state index in [2.05, 4.69) is 86.2 Å². The maximum absolute atomic E-state index is 6.34. The average Bonchev–Trinajstić information content (AvgIpc) is 4.06. The van der Waals surface area contributed by atoms with Crippen LogP contribution in [-0.4, -0.2) is 48.4 Å². The molecule has 2 aliphatic rings. The van der Waals surface area contributed by atoms with Crippen LogP contribution in [0, 0.1) is 0 Å². The molecule has 5 heterocycles. The minimum atomic E-state index is -0.159. The smallest absolute Gasteiger partial charge is 0.0863 e. The van der Waals surface area contributed by atoms with Gasteiger partial charge in [-0.3, -0.25) is 0 Å². The molecule has 3 aromatic rings. The molecule has 4 atom stereocenters. The number of ether oxygens (including phenoxy) is 4. The summed E-state index contributed by atoms with van der Waals surface area (Å²) in [5.41, 5.74) is 12.0. The molecule has 5 rings (SSSR count). The van der Waals surface area contributed by atoms with Crippen LogP contribution in [0.2, 0.25) is 0 Å². The first-order valence-electron chi connectivity index (χ1n) is 21.7. The number of rotatable bonds is 24. The van der Waals surface area contributed by atoms with Crippen molar-refractivity contribution in [2.75, 3.05) is 28.4 Å². The number of hydrogen-bond donors (Lipinski definition) is 2. The number of methoxy groups -OCH3 is 4. The second-order valence-corrected chi connectivity index (χ2v) is 15.5. The van der Waals surface area contributed by atoms with Crippen LogP contribution in [0.25, 0.3) is 46.4 Å². The highest BCUT2D eigenvalue weighted by atomic mass is 16.5. The Balaban J connectivity index is 1.93. The van der Waals surface area contributed by atoms with Crippen molar-refractivity contribution in [2.45, 2.75) is 155 Å². The molecule has 0 fully saturated rings. The molecule has 306 valence electrons. The van der Waals surface area contributed by atoms with E-state index in [0.29, 0.717) is 0 Å². The van der Waals surface area contributed by atoms with Crippen molar-refractivity contribution in [3.05, 3.63) is 69.3 Å². The Kier molecular flexibility index (Phi) is 17.4. The Morgan fingerprint density at radius 3 is 0.964 bits per heavy atom. The number of unbranched alkanes of at least 4 members (excludes halogenated alkanes) is 8. The van der Waals surface area contributed by atoms with Gasteiger partial charge in [0.1, 0.15) is 0 Å². The third-order valence-corrected chi connectivity index (χ3v) is 11.6. The molecular formula is C48H70N4O4. The highest BCUT2D eigenvalue weighted by Gasteiger charge is 2.26. The Morgan fingerprint density at radius 1 is 0.393 bits per heavy atom. The number of fused-ring (bicyclic) bond motifs is 8. The normalized spacial score (nSPS) is 14.7. The fourth-order valence-electron chi connectivity index (χ4n) is 8.49. The van der Waals surface area contributed by atoms with Crippen LogP contribution >= 0.6 is 0 Å². The minimum Gasteiger partial charge on any atom is -0.377 e. The molecule has 8 heteroatoms. The maximum Gasteiger partial charge on any atom is 0.0863 e. The fourth-order valence-corrected chi connectivity index (χ4v) is 8.49. The second kappa shape index (κ2) is 22.4. The van der Waals surface area contributed by atoms with Gasteiger partial charge in [0, 0.05) is 72.8 Å². The Bertz CT molecular complexity index is 1790. The van der Waals surface area contributed by atoms with Crippen LogP contribution in [-0.2, 0) is 18.9 Å². The van der Waals surface area contributed by atoms with Gasteiger partial charge in [-0.05, 0) is 74.3 Å². The zero-order valence-corrected chi connectivity index (χ0v) is 35.8. The highest BCUT2D eigenvalue weighted by molar-refractivity contribution is 5.84. The third-order valence-electron chi connectivity index (χ3n) is 11.6. The first-order valence-corrected chi connectivity index (χ1v) is 21.7. The Labute approximate surface area is 336 Å². The van der Waals surface area contributed by atoms with Gasteiger partial charge in [0.05, 0.1) is 47.2 Å². The molecule has 0 aromatic carbocycles. The standard InChI is InChI=1S/C48H70N4O4/c1-9-13-17-21-41(53-5)45-33-25-27-35(49-33)46(42(54-6)22-18-14-10-2)37-29-31-39(51-37)48(44(56-8)24-20-16-12-4)40-32-30-38(52-40)47(36-28-26-34(45)50-36)43(55-7)23-19-15-11-3/h25-32,41-44,49-50H,9-24H2,1-8H3. The summed E-state index contributed by atoms with van der Waals surface area (Å²) in [6.45, 7) is 8.98. The monoisotopic (exact) mass is 767 g/mol. The molecule has 0 aliphatic carbocycles. The van der Waals surface area contributed by atoms with E-state index in [0.717, 1.165) is 170 Å². The van der Waals surface area contributed by atoms with Gasteiger partial charge in [-0.1, -0.05) is 105 Å². The van der Waals surface area contributed by atoms with E-state index < -0.39 is 0 Å². The summed E-state index contributed by atoms with van der Waals surface area (Å²) in [5.74, 6) is 0. The summed E-state index contributed by atoms with van der Waals surface area (Å²) < 4.78 is 25.3. The fraction of sp³-hybridized carbons (Fsp3) is 0.583. The molecule has 4 unspecified atom stereocenters. The number of hydrogen-bond acceptors (Lipinski definition) is 6. The van der Waals surface area contributed by atoms with Gasteiger partial charge in [0.25, 0.3) is 0 Å². The quantitative estimate of drug-likeness (QED) is 0.0607. The number of H-pyrrole nitrogens is 2. The van der Waals surface area contributed by atoms with Crippen molar-refractivity contribution < 1.29 is 18.9 Å². The topological polar surface area (TPSA) is 94.3 Å². The van der Waals surface area contributed by atoms with E-state index in [9.17, 15) is 0 Å². The van der Waals surface area contributed by atoms with E-state index >= 15 is 0 Å². The SMILES string of the molecule is CCCCCC(OC)c1c2nc(c(C(CCCCC)OC)c3ccc([nH]3)c(C(CCCCC)OC)c3ccc([nH]3)c(C(CCCCC)OC)c3nc1C=C3)C=C2. The lowest BCUT2D eigenvalue weighted by atomic mass is 10.00. The van der Waals surface area contributed by atoms with Gasteiger partial charge in [-0.25, -0.2) is 9.97 Å². The molecular weight excluding hydrogens is 697 g/mol. The van der Waals surface area contributed by atoms with Gasteiger partial charge in [0.15, 0.2) is 0 Å². The average molecular weight is 767 g/mol. The van der Waals surface area contributed by atoms with Crippen LogP contribution in [0.15, 0.2) is 24.3 Å². The molecule has 8 nitrogen and oxygen atoms in total. The lowest BCUT2D eigenvalue weighted by Gasteiger charge is -2.19. The molecule has 0 amide bonds. The highest BCUT2D eigenvalue weighted by Crippen LogP contribution is 2.39. The van der Waals surface area contributed by atoms with Crippen LogP contribution in [0.3, 0.4) is 0 Å². The molecule has 2 aliphatic heterocycles. The van der Waals surface area contributed by atoms with Crippen molar-refractivity contribution in [3.8, 4) is 0 Å². The van der Waals surface area contributed by atoms with Gasteiger partial charge >= 0.3 is 0 Å². The minimum absolute atomic E-state index is 0.112. The van der Waals surface area contributed by atoms with E-state index in [1.54, 1.807) is 0 Å². The van der Waals surface area contributed by atoms with Gasteiger partial charge < -0.3 is 28.9 Å². The lowest BCUT2D eigenvalue weighted by molar-refractivity contribution is 0.0922. The third kappa shape index (κ3) is 10.5. The summed E-state index contributed by atoms with van der Waals surface area (Å²) in [7, 11) is 7.31.